The molecule has 1 aromatic heterocycles. The van der Waals surface area contributed by atoms with Gasteiger partial charge < -0.3 is 0 Å². The second-order valence-corrected chi connectivity index (χ2v) is 4.29. The van der Waals surface area contributed by atoms with Crippen molar-refractivity contribution in [2.24, 2.45) is 0 Å². The Labute approximate surface area is 85.0 Å². The van der Waals surface area contributed by atoms with E-state index in [4.69, 9.17) is 0 Å². The maximum atomic E-state index is 4.43. The summed E-state index contributed by atoms with van der Waals surface area (Å²) in [5, 5.41) is 0. The fourth-order valence-corrected chi connectivity index (χ4v) is 2.17. The van der Waals surface area contributed by atoms with Gasteiger partial charge in [-0.1, -0.05) is 19.3 Å². The summed E-state index contributed by atoms with van der Waals surface area (Å²) in [7, 11) is 0. The summed E-state index contributed by atoms with van der Waals surface area (Å²) in [6.45, 7) is 0. The highest BCUT2D eigenvalue weighted by atomic mass is 32.1. The van der Waals surface area contributed by atoms with Gasteiger partial charge in [0.1, 0.15) is 0 Å². The van der Waals surface area contributed by atoms with Crippen LogP contribution in [0.1, 0.15) is 43.7 Å². The molecule has 70 valence electrons. The Morgan fingerprint density at radius 3 is 2.54 bits per heavy atom. The third kappa shape index (κ3) is 2.25. The molecule has 0 amide bonds. The van der Waals surface area contributed by atoms with Gasteiger partial charge in [0, 0.05) is 22.7 Å². The van der Waals surface area contributed by atoms with Crippen molar-refractivity contribution in [2.75, 3.05) is 0 Å². The Balaban J connectivity index is 2.10. The van der Waals surface area contributed by atoms with Crippen molar-refractivity contribution in [3.8, 4) is 0 Å². The van der Waals surface area contributed by atoms with Crippen molar-refractivity contribution in [2.45, 2.75) is 42.9 Å². The standard InChI is InChI=1S/C11H15NS/c13-10-6-7-11(12-8-10)9-4-2-1-3-5-9/h6-9,13H,1-5H2. The second-order valence-electron chi connectivity index (χ2n) is 3.78. The molecule has 0 unspecified atom stereocenters. The lowest BCUT2D eigenvalue weighted by molar-refractivity contribution is 0.436. The summed E-state index contributed by atoms with van der Waals surface area (Å²) in [4.78, 5) is 5.38. The SMILES string of the molecule is Sc1ccc(C2CCCCC2)nc1. The van der Waals surface area contributed by atoms with Gasteiger partial charge in [-0.3, -0.25) is 4.98 Å². The molecule has 1 aliphatic rings. The fourth-order valence-electron chi connectivity index (χ4n) is 2.04. The van der Waals surface area contributed by atoms with Crippen LogP contribution in [-0.4, -0.2) is 4.98 Å². The van der Waals surface area contributed by atoms with E-state index in [1.807, 2.05) is 12.3 Å². The first-order valence-electron chi connectivity index (χ1n) is 5.01. The van der Waals surface area contributed by atoms with E-state index in [2.05, 4.69) is 23.7 Å². The van der Waals surface area contributed by atoms with Crippen LogP contribution >= 0.6 is 12.6 Å². The van der Waals surface area contributed by atoms with Crippen LogP contribution in [-0.2, 0) is 0 Å². The molecule has 1 nitrogen and oxygen atoms in total. The van der Waals surface area contributed by atoms with Crippen LogP contribution in [0, 0.1) is 0 Å². The van der Waals surface area contributed by atoms with Crippen LogP contribution in [0.4, 0.5) is 0 Å². The molecule has 0 saturated heterocycles. The molecule has 0 spiro atoms. The maximum absolute atomic E-state index is 4.43. The molecule has 2 rings (SSSR count). The lowest BCUT2D eigenvalue weighted by Crippen LogP contribution is -2.05. The molecule has 0 bridgehead atoms. The van der Waals surface area contributed by atoms with Gasteiger partial charge in [-0.25, -0.2) is 0 Å². The van der Waals surface area contributed by atoms with Gasteiger partial charge in [0.05, 0.1) is 0 Å². The van der Waals surface area contributed by atoms with E-state index in [0.717, 1.165) is 4.90 Å². The van der Waals surface area contributed by atoms with Crippen LogP contribution in [0.25, 0.3) is 0 Å². The van der Waals surface area contributed by atoms with Crippen molar-refractivity contribution < 1.29 is 0 Å². The summed E-state index contributed by atoms with van der Waals surface area (Å²) in [6.07, 6.45) is 8.63. The highest BCUT2D eigenvalue weighted by molar-refractivity contribution is 7.80. The molecule has 0 atom stereocenters. The zero-order valence-corrected chi connectivity index (χ0v) is 8.63. The zero-order valence-electron chi connectivity index (χ0n) is 7.74. The van der Waals surface area contributed by atoms with Crippen LogP contribution in [0.15, 0.2) is 23.2 Å². The third-order valence-corrected chi connectivity index (χ3v) is 3.06. The smallest absolute Gasteiger partial charge is 0.0435 e. The largest absolute Gasteiger partial charge is 0.260 e. The van der Waals surface area contributed by atoms with Crippen molar-refractivity contribution >= 4 is 12.6 Å². The zero-order chi connectivity index (χ0) is 9.10. The average molecular weight is 193 g/mol. The molecular formula is C11H15NS. The number of thiol groups is 1. The molecule has 0 aromatic carbocycles. The van der Waals surface area contributed by atoms with Crippen LogP contribution < -0.4 is 0 Å². The van der Waals surface area contributed by atoms with E-state index in [0.29, 0.717) is 5.92 Å². The summed E-state index contributed by atoms with van der Waals surface area (Å²) in [5.41, 5.74) is 1.26. The third-order valence-electron chi connectivity index (χ3n) is 2.79. The Morgan fingerprint density at radius 2 is 1.92 bits per heavy atom. The molecule has 1 fully saturated rings. The van der Waals surface area contributed by atoms with E-state index in [1.54, 1.807) is 0 Å². The minimum absolute atomic E-state index is 0.711. The molecule has 0 N–H and O–H groups in total. The molecule has 0 radical (unpaired) electrons. The Bertz CT molecular complexity index is 262. The summed E-state index contributed by atoms with van der Waals surface area (Å²) in [6, 6.07) is 4.17. The van der Waals surface area contributed by atoms with Gasteiger partial charge in [-0.05, 0) is 25.0 Å². The summed E-state index contributed by atoms with van der Waals surface area (Å²) < 4.78 is 0. The fraction of sp³-hybridized carbons (Fsp3) is 0.545. The lowest BCUT2D eigenvalue weighted by Gasteiger charge is -2.20. The molecule has 0 aliphatic heterocycles. The van der Waals surface area contributed by atoms with Crippen molar-refractivity contribution in [3.63, 3.8) is 0 Å². The predicted molar refractivity (Wildman–Crippen MR) is 57.3 cm³/mol. The van der Waals surface area contributed by atoms with Crippen molar-refractivity contribution in [1.82, 2.24) is 4.98 Å². The molecule has 2 heteroatoms. The number of pyridine rings is 1. The molecule has 1 saturated carbocycles. The first-order valence-corrected chi connectivity index (χ1v) is 5.46. The molecule has 1 aromatic rings. The molecule has 13 heavy (non-hydrogen) atoms. The van der Waals surface area contributed by atoms with Gasteiger partial charge in [0.2, 0.25) is 0 Å². The van der Waals surface area contributed by atoms with E-state index in [-0.39, 0.29) is 0 Å². The minimum Gasteiger partial charge on any atom is -0.260 e. The number of nitrogens with zero attached hydrogens (tertiary/aromatic N) is 1. The van der Waals surface area contributed by atoms with Gasteiger partial charge in [-0.15, -0.1) is 12.6 Å². The van der Waals surface area contributed by atoms with Crippen LogP contribution in [0.2, 0.25) is 0 Å². The number of hydrogen-bond acceptors (Lipinski definition) is 2. The normalized spacial score (nSPS) is 18.8. The lowest BCUT2D eigenvalue weighted by atomic mass is 9.87. The van der Waals surface area contributed by atoms with Gasteiger partial charge >= 0.3 is 0 Å². The van der Waals surface area contributed by atoms with E-state index < -0.39 is 0 Å². The number of rotatable bonds is 1. The van der Waals surface area contributed by atoms with E-state index >= 15 is 0 Å². The quantitative estimate of drug-likeness (QED) is 0.674. The predicted octanol–water partition coefficient (Wildman–Crippen LogP) is 3.42. The topological polar surface area (TPSA) is 12.9 Å². The molecule has 1 aliphatic carbocycles. The number of aromatic nitrogens is 1. The van der Waals surface area contributed by atoms with Gasteiger partial charge in [0.25, 0.3) is 0 Å². The number of hydrogen-bond donors (Lipinski definition) is 1. The average Bonchev–Trinajstić information content (AvgIpc) is 2.20. The van der Waals surface area contributed by atoms with Crippen LogP contribution in [0.5, 0.6) is 0 Å². The van der Waals surface area contributed by atoms with E-state index in [9.17, 15) is 0 Å². The highest BCUT2D eigenvalue weighted by Gasteiger charge is 2.15. The molecule has 1 heterocycles. The second kappa shape index (κ2) is 4.14. The molecular weight excluding hydrogens is 178 g/mol. The minimum atomic E-state index is 0.711. The van der Waals surface area contributed by atoms with Gasteiger partial charge in [-0.2, -0.15) is 0 Å². The highest BCUT2D eigenvalue weighted by Crippen LogP contribution is 2.31. The summed E-state index contributed by atoms with van der Waals surface area (Å²) in [5.74, 6) is 0.711. The van der Waals surface area contributed by atoms with Crippen LogP contribution in [0.3, 0.4) is 0 Å². The maximum Gasteiger partial charge on any atom is 0.0435 e. The van der Waals surface area contributed by atoms with Crippen molar-refractivity contribution in [3.05, 3.63) is 24.0 Å². The Morgan fingerprint density at radius 1 is 1.15 bits per heavy atom. The first-order chi connectivity index (χ1) is 6.36. The summed E-state index contributed by atoms with van der Waals surface area (Å²) >= 11 is 4.23. The monoisotopic (exact) mass is 193 g/mol. The van der Waals surface area contributed by atoms with Crippen molar-refractivity contribution in [1.29, 1.82) is 0 Å². The Kier molecular flexibility index (Phi) is 2.89. The Hall–Kier alpha value is -0.500. The first kappa shape index (κ1) is 9.07. The van der Waals surface area contributed by atoms with Gasteiger partial charge in [0.15, 0.2) is 0 Å². The van der Waals surface area contributed by atoms with E-state index in [1.165, 1.54) is 37.8 Å².